The van der Waals surface area contributed by atoms with Crippen LogP contribution in [0.4, 0.5) is 11.6 Å². The average molecular weight is 368 g/mol. The number of nitrogens with two attached hydrogens (primary N) is 1. The van der Waals surface area contributed by atoms with Crippen LogP contribution in [0.1, 0.15) is 11.4 Å². The van der Waals surface area contributed by atoms with Crippen molar-refractivity contribution >= 4 is 22.7 Å². The summed E-state index contributed by atoms with van der Waals surface area (Å²) in [7, 11) is 0. The Hall–Kier alpha value is -4.43. The topological polar surface area (TPSA) is 118 Å². The Balaban J connectivity index is 0.00000109. The molecule has 0 aliphatic carbocycles. The molecule has 28 heavy (non-hydrogen) atoms. The molecule has 0 atom stereocenters. The van der Waals surface area contributed by atoms with Gasteiger partial charge in [-0.1, -0.05) is 12.1 Å². The number of hydrogen-bond acceptors (Lipinski definition) is 7. The SMILES string of the molecule is C#C.N#Cc1c(N)ncnc1NCc1nc2ccccc2n1-c1cccnc1. The highest BCUT2D eigenvalue weighted by molar-refractivity contribution is 5.78. The largest absolute Gasteiger partial charge is 0.382 e. The molecular formula is C20H16N8. The highest BCUT2D eigenvalue weighted by atomic mass is 15.1. The molecule has 0 unspecified atom stereocenters. The number of para-hydroxylation sites is 2. The number of benzene rings is 1. The van der Waals surface area contributed by atoms with Crippen LogP contribution in [0, 0.1) is 24.2 Å². The zero-order valence-corrected chi connectivity index (χ0v) is 14.8. The number of terminal acetylenes is 1. The molecule has 0 fully saturated rings. The van der Waals surface area contributed by atoms with E-state index in [1.807, 2.05) is 47.0 Å². The summed E-state index contributed by atoms with van der Waals surface area (Å²) >= 11 is 0. The quantitative estimate of drug-likeness (QED) is 0.531. The predicted octanol–water partition coefficient (Wildman–Crippen LogP) is 2.53. The van der Waals surface area contributed by atoms with Crippen molar-refractivity contribution in [3.63, 3.8) is 0 Å². The van der Waals surface area contributed by atoms with E-state index in [-0.39, 0.29) is 11.4 Å². The van der Waals surface area contributed by atoms with Crippen LogP contribution in [0.2, 0.25) is 0 Å². The van der Waals surface area contributed by atoms with Gasteiger partial charge in [-0.15, -0.1) is 12.8 Å². The fourth-order valence-corrected chi connectivity index (χ4v) is 2.77. The number of imidazole rings is 1. The molecule has 0 radical (unpaired) electrons. The molecule has 1 aromatic carbocycles. The lowest BCUT2D eigenvalue weighted by Gasteiger charge is -2.11. The van der Waals surface area contributed by atoms with E-state index in [1.165, 1.54) is 6.33 Å². The van der Waals surface area contributed by atoms with Crippen LogP contribution in [0.25, 0.3) is 16.7 Å². The lowest BCUT2D eigenvalue weighted by atomic mass is 10.3. The third kappa shape index (κ3) is 3.43. The number of fused-ring (bicyclic) bond motifs is 1. The first kappa shape index (κ1) is 18.4. The molecule has 0 saturated carbocycles. The summed E-state index contributed by atoms with van der Waals surface area (Å²) in [6.45, 7) is 0.356. The van der Waals surface area contributed by atoms with Gasteiger partial charge in [-0.25, -0.2) is 15.0 Å². The van der Waals surface area contributed by atoms with Gasteiger partial charge in [0.2, 0.25) is 0 Å². The maximum atomic E-state index is 9.26. The summed E-state index contributed by atoms with van der Waals surface area (Å²) < 4.78 is 2.02. The number of nitrogen functional groups attached to an aromatic ring is 1. The first-order chi connectivity index (χ1) is 13.8. The van der Waals surface area contributed by atoms with Crippen molar-refractivity contribution in [2.75, 3.05) is 11.1 Å². The third-order valence-electron chi connectivity index (χ3n) is 3.94. The van der Waals surface area contributed by atoms with Crippen molar-refractivity contribution in [3.05, 3.63) is 66.5 Å². The summed E-state index contributed by atoms with van der Waals surface area (Å²) in [6, 6.07) is 13.7. The minimum atomic E-state index is 0.144. The standard InChI is InChI=1S/C18H14N8.C2H2/c19-8-13-17(20)23-11-24-18(13)22-10-16-25-14-5-1-2-6-15(14)26(16)12-4-3-7-21-9-12;1-2/h1-7,9,11H,10H2,(H3,20,22,23,24);1-2H. The molecule has 8 heteroatoms. The van der Waals surface area contributed by atoms with Crippen LogP contribution >= 0.6 is 0 Å². The Labute approximate surface area is 161 Å². The zero-order valence-electron chi connectivity index (χ0n) is 14.8. The molecule has 3 N–H and O–H groups in total. The van der Waals surface area contributed by atoms with Crippen molar-refractivity contribution < 1.29 is 0 Å². The van der Waals surface area contributed by atoms with E-state index in [9.17, 15) is 5.26 Å². The van der Waals surface area contributed by atoms with Crippen LogP contribution in [-0.4, -0.2) is 24.5 Å². The van der Waals surface area contributed by atoms with Crippen molar-refractivity contribution in [1.29, 1.82) is 5.26 Å². The van der Waals surface area contributed by atoms with Crippen LogP contribution in [0.3, 0.4) is 0 Å². The number of pyridine rings is 1. The van der Waals surface area contributed by atoms with Gasteiger partial charge in [0.1, 0.15) is 35.4 Å². The van der Waals surface area contributed by atoms with E-state index >= 15 is 0 Å². The van der Waals surface area contributed by atoms with Crippen LogP contribution < -0.4 is 11.1 Å². The number of rotatable bonds is 4. The summed E-state index contributed by atoms with van der Waals surface area (Å²) in [5.41, 5.74) is 8.71. The first-order valence-electron chi connectivity index (χ1n) is 8.22. The van der Waals surface area contributed by atoms with E-state index in [1.54, 1.807) is 12.4 Å². The van der Waals surface area contributed by atoms with Gasteiger partial charge in [-0.2, -0.15) is 5.26 Å². The molecule has 0 aliphatic rings. The fourth-order valence-electron chi connectivity index (χ4n) is 2.77. The lowest BCUT2D eigenvalue weighted by Crippen LogP contribution is -2.11. The van der Waals surface area contributed by atoms with Gasteiger partial charge in [0.15, 0.2) is 0 Å². The zero-order chi connectivity index (χ0) is 19.9. The molecular weight excluding hydrogens is 352 g/mol. The molecule has 0 amide bonds. The summed E-state index contributed by atoms with van der Waals surface area (Å²) in [5, 5.41) is 12.4. The third-order valence-corrected chi connectivity index (χ3v) is 3.94. The molecule has 3 aromatic heterocycles. The summed E-state index contributed by atoms with van der Waals surface area (Å²) in [6.07, 6.45) is 12.8. The van der Waals surface area contributed by atoms with Crippen LogP contribution in [0.5, 0.6) is 0 Å². The Kier molecular flexibility index (Phi) is 5.44. The van der Waals surface area contributed by atoms with Crippen LogP contribution in [-0.2, 0) is 6.54 Å². The monoisotopic (exact) mass is 368 g/mol. The Morgan fingerprint density at radius 1 is 1.14 bits per heavy atom. The Morgan fingerprint density at radius 2 is 1.96 bits per heavy atom. The number of nitrogens with zero attached hydrogens (tertiary/aromatic N) is 6. The highest BCUT2D eigenvalue weighted by Gasteiger charge is 2.14. The molecule has 4 aromatic rings. The van der Waals surface area contributed by atoms with Gasteiger partial charge >= 0.3 is 0 Å². The molecule has 0 bridgehead atoms. The lowest BCUT2D eigenvalue weighted by molar-refractivity contribution is 0.904. The number of hydrogen-bond donors (Lipinski definition) is 2. The fraction of sp³-hybridized carbons (Fsp3) is 0.0500. The maximum Gasteiger partial charge on any atom is 0.149 e. The second-order valence-electron chi connectivity index (χ2n) is 5.51. The van der Waals surface area contributed by atoms with E-state index < -0.39 is 0 Å². The van der Waals surface area contributed by atoms with Crippen molar-refractivity contribution in [2.45, 2.75) is 6.54 Å². The highest BCUT2D eigenvalue weighted by Crippen LogP contribution is 2.22. The minimum Gasteiger partial charge on any atom is -0.382 e. The molecule has 3 heterocycles. The first-order valence-corrected chi connectivity index (χ1v) is 8.22. The number of anilines is 2. The molecule has 136 valence electrons. The number of nitrogens with one attached hydrogen (secondary N) is 1. The summed E-state index contributed by atoms with van der Waals surface area (Å²) in [5.74, 6) is 1.29. The van der Waals surface area contributed by atoms with Gasteiger partial charge < -0.3 is 11.1 Å². The van der Waals surface area contributed by atoms with Crippen molar-refractivity contribution in [1.82, 2.24) is 24.5 Å². The second kappa shape index (κ2) is 8.30. The number of nitriles is 1. The van der Waals surface area contributed by atoms with Crippen molar-refractivity contribution in [2.24, 2.45) is 0 Å². The van der Waals surface area contributed by atoms with Crippen molar-refractivity contribution in [3.8, 4) is 24.6 Å². The molecule has 0 spiro atoms. The number of aromatic nitrogens is 5. The molecule has 8 nitrogen and oxygen atoms in total. The van der Waals surface area contributed by atoms with E-state index in [0.29, 0.717) is 12.4 Å². The predicted molar refractivity (Wildman–Crippen MR) is 107 cm³/mol. The van der Waals surface area contributed by atoms with Crippen LogP contribution in [0.15, 0.2) is 55.1 Å². The van der Waals surface area contributed by atoms with Gasteiger partial charge in [0.25, 0.3) is 0 Å². The Morgan fingerprint density at radius 3 is 2.71 bits per heavy atom. The van der Waals surface area contributed by atoms with Gasteiger partial charge in [0, 0.05) is 6.20 Å². The normalized spacial score (nSPS) is 9.89. The molecule has 0 aliphatic heterocycles. The van der Waals surface area contributed by atoms with Gasteiger partial charge in [0.05, 0.1) is 29.5 Å². The van der Waals surface area contributed by atoms with Gasteiger partial charge in [-0.05, 0) is 24.3 Å². The molecule has 4 rings (SSSR count). The molecule has 0 saturated heterocycles. The average Bonchev–Trinajstić information content (AvgIpc) is 3.12. The smallest absolute Gasteiger partial charge is 0.149 e. The summed E-state index contributed by atoms with van der Waals surface area (Å²) in [4.78, 5) is 16.8. The maximum absolute atomic E-state index is 9.26. The minimum absolute atomic E-state index is 0.144. The van der Waals surface area contributed by atoms with E-state index in [0.717, 1.165) is 22.5 Å². The van der Waals surface area contributed by atoms with Gasteiger partial charge in [-0.3, -0.25) is 9.55 Å². The Bertz CT molecular complexity index is 1160. The van der Waals surface area contributed by atoms with E-state index in [2.05, 4.69) is 33.1 Å². The van der Waals surface area contributed by atoms with E-state index in [4.69, 9.17) is 10.7 Å². The second-order valence-corrected chi connectivity index (χ2v) is 5.51.